The highest BCUT2D eigenvalue weighted by Gasteiger charge is 2.37. The summed E-state index contributed by atoms with van der Waals surface area (Å²) in [6.45, 7) is 3.81. The smallest absolute Gasteiger partial charge is 0.133 e. The van der Waals surface area contributed by atoms with Gasteiger partial charge in [0.1, 0.15) is 11.5 Å². The highest BCUT2D eigenvalue weighted by atomic mass is 32.2. The molecule has 100 valence electrons. The standard InChI is InChI=1S/C14H19F2NS/c1-14(16)10-17(11-14)8-2-3-9-18-13-6-4-12(15)5-7-13/h4-7H,2-3,8-11H2,1H3. The molecule has 0 radical (unpaired) electrons. The molecule has 2 rings (SSSR count). The normalized spacial score (nSPS) is 18.6. The van der Waals surface area contributed by atoms with E-state index in [1.165, 1.54) is 12.1 Å². The molecule has 1 heterocycles. The van der Waals surface area contributed by atoms with E-state index in [0.717, 1.165) is 30.0 Å². The van der Waals surface area contributed by atoms with Gasteiger partial charge in [0.15, 0.2) is 0 Å². The van der Waals surface area contributed by atoms with E-state index in [4.69, 9.17) is 0 Å². The second-order valence-electron chi connectivity index (χ2n) is 5.13. The Morgan fingerprint density at radius 2 is 1.89 bits per heavy atom. The lowest BCUT2D eigenvalue weighted by Gasteiger charge is -2.42. The van der Waals surface area contributed by atoms with Crippen LogP contribution in [0.1, 0.15) is 19.8 Å². The minimum Gasteiger partial charge on any atom is -0.297 e. The van der Waals surface area contributed by atoms with Crippen LogP contribution in [0.5, 0.6) is 0 Å². The van der Waals surface area contributed by atoms with E-state index >= 15 is 0 Å². The van der Waals surface area contributed by atoms with Crippen molar-refractivity contribution < 1.29 is 8.78 Å². The molecule has 1 aromatic rings. The van der Waals surface area contributed by atoms with Gasteiger partial charge in [0.25, 0.3) is 0 Å². The molecule has 1 aromatic carbocycles. The van der Waals surface area contributed by atoms with Crippen LogP contribution in [0.4, 0.5) is 8.78 Å². The van der Waals surface area contributed by atoms with Crippen molar-refractivity contribution in [3.8, 4) is 0 Å². The summed E-state index contributed by atoms with van der Waals surface area (Å²) in [5, 5.41) is 0. The molecule has 0 aliphatic carbocycles. The molecule has 0 N–H and O–H groups in total. The number of nitrogens with zero attached hydrogens (tertiary/aromatic N) is 1. The van der Waals surface area contributed by atoms with Crippen LogP contribution >= 0.6 is 11.8 Å². The summed E-state index contributed by atoms with van der Waals surface area (Å²) >= 11 is 1.75. The highest BCUT2D eigenvalue weighted by Crippen LogP contribution is 2.25. The average molecular weight is 271 g/mol. The van der Waals surface area contributed by atoms with Gasteiger partial charge >= 0.3 is 0 Å². The van der Waals surface area contributed by atoms with Crippen molar-refractivity contribution in [2.45, 2.75) is 30.3 Å². The maximum Gasteiger partial charge on any atom is 0.133 e. The van der Waals surface area contributed by atoms with E-state index in [1.807, 2.05) is 12.1 Å². The lowest BCUT2D eigenvalue weighted by atomic mass is 9.99. The minimum atomic E-state index is -0.955. The van der Waals surface area contributed by atoms with E-state index in [2.05, 4.69) is 4.90 Å². The predicted octanol–water partition coefficient (Wildman–Crippen LogP) is 3.74. The van der Waals surface area contributed by atoms with E-state index in [9.17, 15) is 8.78 Å². The third kappa shape index (κ3) is 4.25. The molecule has 0 amide bonds. The van der Waals surface area contributed by atoms with Crippen molar-refractivity contribution in [2.24, 2.45) is 0 Å². The topological polar surface area (TPSA) is 3.24 Å². The van der Waals surface area contributed by atoms with Crippen molar-refractivity contribution in [3.63, 3.8) is 0 Å². The summed E-state index contributed by atoms with van der Waals surface area (Å²) in [6, 6.07) is 6.60. The Kier molecular flexibility index (Phi) is 4.62. The second kappa shape index (κ2) is 6.02. The molecule has 0 bridgehead atoms. The first-order valence-corrected chi connectivity index (χ1v) is 7.33. The zero-order valence-electron chi connectivity index (χ0n) is 10.7. The molecule has 18 heavy (non-hydrogen) atoms. The van der Waals surface area contributed by atoms with Crippen LogP contribution in [-0.4, -0.2) is 36.0 Å². The molecule has 1 fully saturated rings. The Morgan fingerprint density at radius 3 is 2.50 bits per heavy atom. The molecule has 1 saturated heterocycles. The van der Waals surface area contributed by atoms with E-state index in [0.29, 0.717) is 13.1 Å². The molecule has 0 atom stereocenters. The molecule has 1 aliphatic rings. The Balaban J connectivity index is 1.53. The third-order valence-electron chi connectivity index (χ3n) is 3.06. The number of likely N-dealkylation sites (tertiary alicyclic amines) is 1. The summed E-state index contributed by atoms with van der Waals surface area (Å²) in [6.07, 6.45) is 2.21. The Bertz CT molecular complexity index is 370. The van der Waals surface area contributed by atoms with Crippen LogP contribution in [0.2, 0.25) is 0 Å². The van der Waals surface area contributed by atoms with Gasteiger partial charge in [-0.25, -0.2) is 8.78 Å². The summed E-state index contributed by atoms with van der Waals surface area (Å²) < 4.78 is 25.9. The fourth-order valence-electron chi connectivity index (χ4n) is 2.20. The van der Waals surface area contributed by atoms with Gasteiger partial charge in [0.05, 0.1) is 0 Å². The van der Waals surface area contributed by atoms with Gasteiger partial charge in [-0.15, -0.1) is 11.8 Å². The molecule has 0 saturated carbocycles. The van der Waals surface area contributed by atoms with Crippen molar-refractivity contribution in [3.05, 3.63) is 30.1 Å². The predicted molar refractivity (Wildman–Crippen MR) is 72.3 cm³/mol. The number of benzene rings is 1. The largest absolute Gasteiger partial charge is 0.297 e. The van der Waals surface area contributed by atoms with Crippen LogP contribution in [0, 0.1) is 5.82 Å². The van der Waals surface area contributed by atoms with Crippen LogP contribution < -0.4 is 0 Å². The second-order valence-corrected chi connectivity index (χ2v) is 6.30. The number of rotatable bonds is 6. The van der Waals surface area contributed by atoms with Gasteiger partial charge in [-0.1, -0.05) is 0 Å². The van der Waals surface area contributed by atoms with Crippen molar-refractivity contribution in [2.75, 3.05) is 25.4 Å². The van der Waals surface area contributed by atoms with E-state index in [1.54, 1.807) is 18.7 Å². The molecular formula is C14H19F2NS. The number of thioether (sulfide) groups is 1. The lowest BCUT2D eigenvalue weighted by Crippen LogP contribution is -2.57. The first-order valence-electron chi connectivity index (χ1n) is 6.35. The summed E-state index contributed by atoms with van der Waals surface area (Å²) in [7, 11) is 0. The number of alkyl halides is 1. The van der Waals surface area contributed by atoms with Crippen LogP contribution in [0.3, 0.4) is 0 Å². The first kappa shape index (κ1) is 13.8. The molecule has 0 spiro atoms. The van der Waals surface area contributed by atoms with E-state index < -0.39 is 5.67 Å². The zero-order chi connectivity index (χ0) is 13.0. The zero-order valence-corrected chi connectivity index (χ0v) is 11.5. The maximum atomic E-state index is 13.2. The summed E-state index contributed by atoms with van der Waals surface area (Å²) in [4.78, 5) is 3.26. The van der Waals surface area contributed by atoms with Crippen molar-refractivity contribution in [1.29, 1.82) is 0 Å². The SMILES string of the molecule is CC1(F)CN(CCCCSc2ccc(F)cc2)C1. The molecule has 1 aliphatic heterocycles. The van der Waals surface area contributed by atoms with Gasteiger partial charge in [-0.2, -0.15) is 0 Å². The number of unbranched alkanes of at least 4 members (excludes halogenated alkanes) is 1. The molecular weight excluding hydrogens is 252 g/mol. The Hall–Kier alpha value is -0.610. The van der Waals surface area contributed by atoms with Crippen molar-refractivity contribution in [1.82, 2.24) is 4.90 Å². The van der Waals surface area contributed by atoms with Crippen LogP contribution in [0.25, 0.3) is 0 Å². The fraction of sp³-hybridized carbons (Fsp3) is 0.571. The Labute approximate surface area is 112 Å². The summed E-state index contributed by atoms with van der Waals surface area (Å²) in [5.41, 5.74) is -0.955. The third-order valence-corrected chi connectivity index (χ3v) is 4.16. The average Bonchev–Trinajstić information content (AvgIpc) is 2.28. The first-order chi connectivity index (χ1) is 8.55. The van der Waals surface area contributed by atoms with Gasteiger partial charge < -0.3 is 0 Å². The monoisotopic (exact) mass is 271 g/mol. The molecule has 1 nitrogen and oxygen atoms in total. The lowest BCUT2D eigenvalue weighted by molar-refractivity contribution is -0.0176. The summed E-state index contributed by atoms with van der Waals surface area (Å²) in [5.74, 6) is 0.846. The number of halogens is 2. The Morgan fingerprint density at radius 1 is 1.22 bits per heavy atom. The van der Waals surface area contributed by atoms with Gasteiger partial charge in [0.2, 0.25) is 0 Å². The van der Waals surface area contributed by atoms with Gasteiger partial charge in [0, 0.05) is 18.0 Å². The molecule has 0 unspecified atom stereocenters. The molecule has 4 heteroatoms. The van der Waals surface area contributed by atoms with Crippen LogP contribution in [-0.2, 0) is 0 Å². The highest BCUT2D eigenvalue weighted by molar-refractivity contribution is 7.99. The number of hydrogen-bond donors (Lipinski definition) is 0. The number of hydrogen-bond acceptors (Lipinski definition) is 2. The fourth-order valence-corrected chi connectivity index (χ4v) is 3.12. The minimum absolute atomic E-state index is 0.189. The van der Waals surface area contributed by atoms with Gasteiger partial charge in [-0.3, -0.25) is 4.90 Å². The van der Waals surface area contributed by atoms with E-state index in [-0.39, 0.29) is 5.82 Å². The van der Waals surface area contributed by atoms with Crippen molar-refractivity contribution >= 4 is 11.8 Å². The maximum absolute atomic E-state index is 13.2. The van der Waals surface area contributed by atoms with Crippen LogP contribution in [0.15, 0.2) is 29.2 Å². The quantitative estimate of drug-likeness (QED) is 0.573. The van der Waals surface area contributed by atoms with Gasteiger partial charge in [-0.05, 0) is 56.3 Å². The molecule has 0 aromatic heterocycles.